The highest BCUT2D eigenvalue weighted by Gasteiger charge is 2.50. The van der Waals surface area contributed by atoms with Crippen LogP contribution in [0.2, 0.25) is 0 Å². The van der Waals surface area contributed by atoms with Crippen LogP contribution >= 0.6 is 0 Å². The van der Waals surface area contributed by atoms with Gasteiger partial charge in [-0.05, 0) is 84.5 Å². The quantitative estimate of drug-likeness (QED) is 0.111. The Hall–Kier alpha value is -4.68. The summed E-state index contributed by atoms with van der Waals surface area (Å²) >= 11 is 0. The van der Waals surface area contributed by atoms with Crippen LogP contribution < -0.4 is 4.74 Å². The Bertz CT molecular complexity index is 1830. The fraction of sp³-hybridized carbons (Fsp3) is 0.257. The van der Waals surface area contributed by atoms with Gasteiger partial charge in [0.1, 0.15) is 11.6 Å². The second kappa shape index (κ2) is 13.1. The van der Waals surface area contributed by atoms with Crippen molar-refractivity contribution in [1.29, 1.82) is 0 Å². The number of ether oxygens (including phenoxy) is 1. The van der Waals surface area contributed by atoms with Gasteiger partial charge in [0.15, 0.2) is 17.3 Å². The van der Waals surface area contributed by atoms with E-state index in [0.29, 0.717) is 36.6 Å². The Morgan fingerprint density at radius 2 is 1.42 bits per heavy atom. The zero-order valence-corrected chi connectivity index (χ0v) is 24.6. The maximum absolute atomic E-state index is 15.3. The Morgan fingerprint density at radius 1 is 0.750 bits per heavy atom. The van der Waals surface area contributed by atoms with Crippen molar-refractivity contribution in [1.82, 2.24) is 0 Å². The van der Waals surface area contributed by atoms with Crippen LogP contribution in [0.4, 0.5) is 43.9 Å². The lowest BCUT2D eigenvalue weighted by molar-refractivity contribution is -0.140. The SMILES string of the molecule is O=C(C[C@@](Cc1ccccc1)(c1cc(F)cc(C(=O)C(F)(F)C(F)F)c1)c1ccc(F)c(OC2CC2)c1)c1ccc(F)c(C(F)(F)F)c1. The van der Waals surface area contributed by atoms with E-state index < -0.39 is 81.6 Å². The molecule has 48 heavy (non-hydrogen) atoms. The summed E-state index contributed by atoms with van der Waals surface area (Å²) in [5, 5.41) is 0. The van der Waals surface area contributed by atoms with Gasteiger partial charge in [-0.3, -0.25) is 9.59 Å². The fourth-order valence-electron chi connectivity index (χ4n) is 5.42. The average molecular weight is 683 g/mol. The molecule has 4 aromatic carbocycles. The molecule has 1 saturated carbocycles. The van der Waals surface area contributed by atoms with E-state index in [1.54, 1.807) is 30.3 Å². The molecule has 1 aliphatic rings. The minimum Gasteiger partial charge on any atom is -0.487 e. The molecule has 0 heterocycles. The summed E-state index contributed by atoms with van der Waals surface area (Å²) in [5.41, 5.74) is -5.55. The van der Waals surface area contributed by atoms with Crippen molar-refractivity contribution in [3.05, 3.63) is 136 Å². The number of hydrogen-bond donors (Lipinski definition) is 0. The van der Waals surface area contributed by atoms with Gasteiger partial charge in [0, 0.05) is 23.0 Å². The van der Waals surface area contributed by atoms with Crippen LogP contribution in [-0.4, -0.2) is 30.0 Å². The lowest BCUT2D eigenvalue weighted by Gasteiger charge is -2.36. The smallest absolute Gasteiger partial charge is 0.419 e. The molecule has 3 nitrogen and oxygen atoms in total. The molecule has 1 atom stereocenters. The lowest BCUT2D eigenvalue weighted by Crippen LogP contribution is -2.37. The molecule has 13 heteroatoms. The summed E-state index contributed by atoms with van der Waals surface area (Å²) in [6.45, 7) is 0. The van der Waals surface area contributed by atoms with E-state index in [1.165, 1.54) is 0 Å². The largest absolute Gasteiger partial charge is 0.487 e. The first-order valence-corrected chi connectivity index (χ1v) is 14.4. The van der Waals surface area contributed by atoms with Gasteiger partial charge in [-0.2, -0.15) is 22.0 Å². The number of ketones is 2. The van der Waals surface area contributed by atoms with Crippen LogP contribution in [0.5, 0.6) is 5.75 Å². The maximum Gasteiger partial charge on any atom is 0.419 e. The molecule has 0 aliphatic heterocycles. The number of alkyl halides is 7. The number of carbonyl (C=O) groups is 2. The number of halogens is 10. The normalized spacial score (nSPS) is 14.9. The summed E-state index contributed by atoms with van der Waals surface area (Å²) < 4.78 is 145. The lowest BCUT2D eigenvalue weighted by atomic mass is 9.66. The van der Waals surface area contributed by atoms with Gasteiger partial charge in [0.05, 0.1) is 11.7 Å². The van der Waals surface area contributed by atoms with E-state index in [9.17, 15) is 49.1 Å². The van der Waals surface area contributed by atoms with Crippen molar-refractivity contribution < 1.29 is 58.2 Å². The second-order valence-corrected chi connectivity index (χ2v) is 11.5. The van der Waals surface area contributed by atoms with Crippen LogP contribution in [0, 0.1) is 17.5 Å². The molecule has 4 aromatic rings. The molecule has 1 aliphatic carbocycles. The van der Waals surface area contributed by atoms with Gasteiger partial charge >= 0.3 is 18.5 Å². The van der Waals surface area contributed by atoms with Gasteiger partial charge in [-0.25, -0.2) is 22.0 Å². The molecule has 5 rings (SSSR count). The van der Waals surface area contributed by atoms with Crippen molar-refractivity contribution in [3.8, 4) is 5.75 Å². The fourth-order valence-corrected chi connectivity index (χ4v) is 5.42. The highest BCUT2D eigenvalue weighted by Crippen LogP contribution is 2.44. The van der Waals surface area contributed by atoms with Gasteiger partial charge in [-0.15, -0.1) is 0 Å². The topological polar surface area (TPSA) is 43.4 Å². The van der Waals surface area contributed by atoms with Crippen LogP contribution in [0.3, 0.4) is 0 Å². The number of carbonyl (C=O) groups excluding carboxylic acids is 2. The van der Waals surface area contributed by atoms with Gasteiger partial charge in [0.25, 0.3) is 0 Å². The van der Waals surface area contributed by atoms with E-state index in [0.717, 1.165) is 30.3 Å². The number of Topliss-reactive ketones (excluding diaryl/α,β-unsaturated/α-hetero) is 2. The molecule has 0 saturated heterocycles. The maximum atomic E-state index is 15.3. The van der Waals surface area contributed by atoms with Crippen molar-refractivity contribution in [3.63, 3.8) is 0 Å². The molecule has 1 fully saturated rings. The van der Waals surface area contributed by atoms with Crippen LogP contribution in [-0.2, 0) is 18.0 Å². The van der Waals surface area contributed by atoms with E-state index >= 15 is 4.39 Å². The third-order valence-corrected chi connectivity index (χ3v) is 8.00. The Balaban J connectivity index is 1.77. The van der Waals surface area contributed by atoms with Gasteiger partial charge in [-0.1, -0.05) is 36.4 Å². The average Bonchev–Trinajstić information content (AvgIpc) is 3.85. The van der Waals surface area contributed by atoms with Crippen LogP contribution in [0.1, 0.15) is 62.2 Å². The summed E-state index contributed by atoms with van der Waals surface area (Å²) in [6.07, 6.45) is -10.0. The van der Waals surface area contributed by atoms with Crippen LogP contribution in [0.25, 0.3) is 0 Å². The third-order valence-electron chi connectivity index (χ3n) is 8.00. The molecule has 0 N–H and O–H groups in total. The molecule has 0 bridgehead atoms. The summed E-state index contributed by atoms with van der Waals surface area (Å²) in [6, 6.07) is 14.4. The third kappa shape index (κ3) is 7.24. The summed E-state index contributed by atoms with van der Waals surface area (Å²) in [4.78, 5) is 26.5. The molecular formula is C35H24F10O3. The van der Waals surface area contributed by atoms with Crippen LogP contribution in [0.15, 0.2) is 84.9 Å². The summed E-state index contributed by atoms with van der Waals surface area (Å²) in [5.74, 6) is -12.9. The van der Waals surface area contributed by atoms with Gasteiger partial charge in [0.2, 0.25) is 5.78 Å². The number of benzene rings is 4. The standard InChI is InChI=1S/C35H24F10O3/c36-24-13-21(31(47)34(41,42)32(39)40)12-23(15-24)33(17-19-4-2-1-3-5-19,22-7-11-28(38)30(16-22)48-25-8-9-25)18-29(46)20-6-10-27(37)26(14-20)35(43,44)45/h1-7,10-16,25,32H,8-9,17-18H2/t33-/m1/s1. The minimum atomic E-state index is -5.23. The zero-order valence-electron chi connectivity index (χ0n) is 24.6. The monoisotopic (exact) mass is 682 g/mol. The minimum absolute atomic E-state index is 0.0143. The number of hydrogen-bond acceptors (Lipinski definition) is 3. The molecule has 252 valence electrons. The van der Waals surface area contributed by atoms with Crippen molar-refractivity contribution >= 4 is 11.6 Å². The summed E-state index contributed by atoms with van der Waals surface area (Å²) in [7, 11) is 0. The Kier molecular flexibility index (Phi) is 9.44. The first kappa shape index (κ1) is 34.6. The van der Waals surface area contributed by atoms with E-state index in [1.807, 2.05) is 0 Å². The predicted octanol–water partition coefficient (Wildman–Crippen LogP) is 9.55. The number of rotatable bonds is 12. The van der Waals surface area contributed by atoms with Crippen molar-refractivity contribution in [2.45, 2.75) is 55.7 Å². The van der Waals surface area contributed by atoms with E-state index in [4.69, 9.17) is 4.74 Å². The first-order valence-electron chi connectivity index (χ1n) is 14.4. The molecule has 0 amide bonds. The van der Waals surface area contributed by atoms with Crippen molar-refractivity contribution in [2.24, 2.45) is 0 Å². The Morgan fingerprint density at radius 3 is 2.04 bits per heavy atom. The van der Waals surface area contributed by atoms with E-state index in [-0.39, 0.29) is 29.9 Å². The predicted molar refractivity (Wildman–Crippen MR) is 153 cm³/mol. The van der Waals surface area contributed by atoms with Gasteiger partial charge < -0.3 is 4.74 Å². The molecule has 0 unspecified atom stereocenters. The zero-order chi connectivity index (χ0) is 35.0. The molecule has 0 aromatic heterocycles. The Labute approximate surface area is 267 Å². The second-order valence-electron chi connectivity index (χ2n) is 11.5. The molecule has 0 radical (unpaired) electrons. The highest BCUT2D eigenvalue weighted by atomic mass is 19.4. The first-order chi connectivity index (χ1) is 22.5. The van der Waals surface area contributed by atoms with E-state index in [2.05, 4.69) is 0 Å². The highest BCUT2D eigenvalue weighted by molar-refractivity contribution is 6.02. The molecule has 0 spiro atoms. The molecular weight excluding hydrogens is 658 g/mol. The van der Waals surface area contributed by atoms with Crippen molar-refractivity contribution in [2.75, 3.05) is 0 Å².